The number of likely N-dealkylation sites (tertiary alicyclic amines) is 1. The second-order valence-electron chi connectivity index (χ2n) is 8.79. The Morgan fingerprint density at radius 2 is 1.87 bits per heavy atom. The van der Waals surface area contributed by atoms with Gasteiger partial charge in [0.05, 0.1) is 13.2 Å². The first-order valence-corrected chi connectivity index (χ1v) is 11.3. The van der Waals surface area contributed by atoms with E-state index in [0.717, 1.165) is 37.7 Å². The van der Waals surface area contributed by atoms with Crippen LogP contribution in [0, 0.1) is 5.92 Å². The number of methoxy groups -OCH3 is 1. The topological polar surface area (TPSA) is 95.9 Å². The van der Waals surface area contributed by atoms with Gasteiger partial charge in [-0.25, -0.2) is 4.79 Å². The third-order valence-corrected chi connectivity index (χ3v) is 6.75. The van der Waals surface area contributed by atoms with Crippen molar-refractivity contribution in [3.05, 3.63) is 35.9 Å². The average Bonchev–Trinajstić information content (AvgIpc) is 2.98. The van der Waals surface area contributed by atoms with Gasteiger partial charge in [-0.3, -0.25) is 14.9 Å². The van der Waals surface area contributed by atoms with Gasteiger partial charge in [-0.1, -0.05) is 49.6 Å². The summed E-state index contributed by atoms with van der Waals surface area (Å²) in [5.41, 5.74) is 1.10. The van der Waals surface area contributed by atoms with Crippen LogP contribution in [-0.4, -0.2) is 59.1 Å². The zero-order chi connectivity index (χ0) is 22.4. The number of fused-ring (bicyclic) bond motifs is 1. The van der Waals surface area contributed by atoms with Gasteiger partial charge < -0.3 is 14.7 Å². The van der Waals surface area contributed by atoms with Crippen molar-refractivity contribution in [3.8, 4) is 0 Å². The standard InChI is InChI=1S/C24H34N2O5/c1-16(25-19(24(30)31-2)14-13-17-9-5-3-6-10-17)22(27)26-20-12-8-4-7-11-18(20)15-21(26)23(28)29/h3,5-6,9-10,16,18-21,25H,4,7-8,11-15H2,1-2H3,(H,28,29)/t16?,18?,19-,20?,21-/m0/s1. The lowest BCUT2D eigenvalue weighted by atomic mass is 9.94. The van der Waals surface area contributed by atoms with Crippen LogP contribution in [0.5, 0.6) is 0 Å². The molecule has 1 aromatic rings. The number of carbonyl (C=O) groups is 3. The van der Waals surface area contributed by atoms with E-state index in [1.165, 1.54) is 7.11 Å². The van der Waals surface area contributed by atoms with Gasteiger partial charge in [0, 0.05) is 6.04 Å². The molecule has 1 heterocycles. The molecule has 7 heteroatoms. The van der Waals surface area contributed by atoms with Crippen LogP contribution in [0.4, 0.5) is 0 Å². The maximum Gasteiger partial charge on any atom is 0.326 e. The summed E-state index contributed by atoms with van der Waals surface area (Å²) in [6, 6.07) is 7.70. The predicted molar refractivity (Wildman–Crippen MR) is 116 cm³/mol. The number of esters is 1. The van der Waals surface area contributed by atoms with Crippen LogP contribution in [0.2, 0.25) is 0 Å². The molecule has 5 atom stereocenters. The molecule has 0 radical (unpaired) electrons. The molecule has 0 bridgehead atoms. The fraction of sp³-hybridized carbons (Fsp3) is 0.625. The maximum atomic E-state index is 13.4. The summed E-state index contributed by atoms with van der Waals surface area (Å²) >= 11 is 0. The number of rotatable bonds is 8. The largest absolute Gasteiger partial charge is 0.480 e. The van der Waals surface area contributed by atoms with Gasteiger partial charge in [0.25, 0.3) is 0 Å². The summed E-state index contributed by atoms with van der Waals surface area (Å²) in [7, 11) is 1.34. The zero-order valence-electron chi connectivity index (χ0n) is 18.5. The number of carboxylic acids is 1. The van der Waals surface area contributed by atoms with Crippen molar-refractivity contribution in [2.75, 3.05) is 7.11 Å². The van der Waals surface area contributed by atoms with E-state index in [0.29, 0.717) is 19.3 Å². The monoisotopic (exact) mass is 430 g/mol. The van der Waals surface area contributed by atoms with Crippen LogP contribution in [-0.2, 0) is 25.5 Å². The lowest BCUT2D eigenvalue weighted by Crippen LogP contribution is -2.55. The number of aryl methyl sites for hydroxylation is 1. The number of nitrogens with one attached hydrogen (secondary N) is 1. The van der Waals surface area contributed by atoms with E-state index >= 15 is 0 Å². The Balaban J connectivity index is 1.70. The number of aliphatic carboxylic acids is 1. The number of carbonyl (C=O) groups excluding carboxylic acids is 2. The smallest absolute Gasteiger partial charge is 0.326 e. The van der Waals surface area contributed by atoms with Crippen LogP contribution < -0.4 is 5.32 Å². The summed E-state index contributed by atoms with van der Waals surface area (Å²) in [6.07, 6.45) is 6.73. The van der Waals surface area contributed by atoms with Crippen LogP contribution in [0.3, 0.4) is 0 Å². The Morgan fingerprint density at radius 3 is 2.55 bits per heavy atom. The van der Waals surface area contributed by atoms with Crippen molar-refractivity contribution in [2.24, 2.45) is 5.92 Å². The van der Waals surface area contributed by atoms with E-state index in [9.17, 15) is 19.5 Å². The van der Waals surface area contributed by atoms with Gasteiger partial charge in [0.2, 0.25) is 5.91 Å². The Bertz CT molecular complexity index is 768. The number of benzene rings is 1. The van der Waals surface area contributed by atoms with Crippen LogP contribution in [0.15, 0.2) is 30.3 Å². The molecule has 2 aliphatic rings. The molecule has 1 aromatic carbocycles. The van der Waals surface area contributed by atoms with Gasteiger partial charge in [-0.15, -0.1) is 0 Å². The summed E-state index contributed by atoms with van der Waals surface area (Å²) in [4.78, 5) is 39.3. The summed E-state index contributed by atoms with van der Waals surface area (Å²) in [5, 5.41) is 12.9. The van der Waals surface area contributed by atoms with E-state index < -0.39 is 30.1 Å². The first-order chi connectivity index (χ1) is 14.9. The van der Waals surface area contributed by atoms with Gasteiger partial charge in [-0.2, -0.15) is 0 Å². The molecule has 2 fully saturated rings. The molecule has 31 heavy (non-hydrogen) atoms. The second kappa shape index (κ2) is 10.8. The molecule has 2 N–H and O–H groups in total. The highest BCUT2D eigenvalue weighted by Gasteiger charge is 2.48. The quantitative estimate of drug-likeness (QED) is 0.616. The Kier molecular flexibility index (Phi) is 8.07. The normalized spacial score (nSPS) is 25.2. The summed E-state index contributed by atoms with van der Waals surface area (Å²) in [5.74, 6) is -1.36. The number of carboxylic acid groups (broad SMARTS) is 1. The number of nitrogens with zero attached hydrogens (tertiary/aromatic N) is 1. The second-order valence-corrected chi connectivity index (χ2v) is 8.79. The third kappa shape index (κ3) is 5.64. The van der Waals surface area contributed by atoms with E-state index in [4.69, 9.17) is 4.74 Å². The summed E-state index contributed by atoms with van der Waals surface area (Å²) in [6.45, 7) is 1.71. The minimum Gasteiger partial charge on any atom is -0.480 e. The van der Waals surface area contributed by atoms with E-state index in [1.807, 2.05) is 30.3 Å². The molecule has 3 rings (SSSR count). The van der Waals surface area contributed by atoms with Crippen molar-refractivity contribution >= 4 is 17.8 Å². The fourth-order valence-electron chi connectivity index (χ4n) is 5.14. The van der Waals surface area contributed by atoms with Gasteiger partial charge in [0.15, 0.2) is 0 Å². The van der Waals surface area contributed by atoms with Crippen LogP contribution in [0.1, 0.15) is 57.4 Å². The molecular formula is C24H34N2O5. The Labute approximate surface area is 184 Å². The summed E-state index contributed by atoms with van der Waals surface area (Å²) < 4.78 is 4.95. The first kappa shape index (κ1) is 23.3. The lowest BCUT2D eigenvalue weighted by molar-refractivity contribution is -0.151. The lowest BCUT2D eigenvalue weighted by Gasteiger charge is -2.33. The fourth-order valence-corrected chi connectivity index (χ4v) is 5.14. The highest BCUT2D eigenvalue weighted by molar-refractivity contribution is 5.88. The van der Waals surface area contributed by atoms with E-state index in [1.54, 1.807) is 11.8 Å². The van der Waals surface area contributed by atoms with Crippen molar-refractivity contribution in [1.82, 2.24) is 10.2 Å². The molecule has 1 aliphatic carbocycles. The number of amides is 1. The molecule has 0 aromatic heterocycles. The molecule has 0 spiro atoms. The molecule has 7 nitrogen and oxygen atoms in total. The van der Waals surface area contributed by atoms with Crippen molar-refractivity contribution in [3.63, 3.8) is 0 Å². The molecule has 1 saturated carbocycles. The average molecular weight is 431 g/mol. The van der Waals surface area contributed by atoms with Gasteiger partial charge >= 0.3 is 11.9 Å². The minimum atomic E-state index is -0.942. The van der Waals surface area contributed by atoms with Crippen molar-refractivity contribution < 1.29 is 24.2 Å². The predicted octanol–water partition coefficient (Wildman–Crippen LogP) is 2.77. The third-order valence-electron chi connectivity index (χ3n) is 6.75. The zero-order valence-corrected chi connectivity index (χ0v) is 18.5. The van der Waals surface area contributed by atoms with E-state index in [-0.39, 0.29) is 17.9 Å². The molecule has 1 amide bonds. The van der Waals surface area contributed by atoms with Crippen molar-refractivity contribution in [1.29, 1.82) is 0 Å². The maximum absolute atomic E-state index is 13.4. The van der Waals surface area contributed by atoms with Crippen molar-refractivity contribution in [2.45, 2.75) is 82.5 Å². The Morgan fingerprint density at radius 1 is 1.16 bits per heavy atom. The molecule has 170 valence electrons. The van der Waals surface area contributed by atoms with Gasteiger partial charge in [0.1, 0.15) is 12.1 Å². The van der Waals surface area contributed by atoms with Gasteiger partial charge in [-0.05, 0) is 50.5 Å². The highest BCUT2D eigenvalue weighted by atomic mass is 16.5. The number of hydrogen-bond donors (Lipinski definition) is 2. The first-order valence-electron chi connectivity index (χ1n) is 11.3. The Hall–Kier alpha value is -2.41. The minimum absolute atomic E-state index is 0.0266. The van der Waals surface area contributed by atoms with Crippen LogP contribution in [0.25, 0.3) is 0 Å². The molecule has 3 unspecified atom stereocenters. The van der Waals surface area contributed by atoms with E-state index in [2.05, 4.69) is 5.32 Å². The number of hydrogen-bond acceptors (Lipinski definition) is 5. The highest BCUT2D eigenvalue weighted by Crippen LogP contribution is 2.39. The van der Waals surface area contributed by atoms with Crippen LogP contribution >= 0.6 is 0 Å². The SMILES string of the molecule is COC(=O)[C@H](CCc1ccccc1)NC(C)C(=O)N1C2CCCCCC2C[C@H]1C(=O)O. The molecule has 1 aliphatic heterocycles. The number of ether oxygens (including phenoxy) is 1. The molecule has 1 saturated heterocycles. The molecular weight excluding hydrogens is 396 g/mol.